The SMILES string of the molecule is C[C@@H](C(=O)c1ccc2c(c1)OCO2)N(C)C(=O)C1COC1. The number of Topliss-reactive ketones (excluding diaryl/α,β-unsaturated/α-hetero) is 1. The van der Waals surface area contributed by atoms with Crippen molar-refractivity contribution in [2.24, 2.45) is 5.92 Å². The maximum atomic E-state index is 12.5. The molecule has 0 N–H and O–H groups in total. The lowest BCUT2D eigenvalue weighted by atomic mass is 10.0. The molecule has 112 valence electrons. The van der Waals surface area contributed by atoms with Crippen LogP contribution in [0.25, 0.3) is 0 Å². The predicted molar refractivity (Wildman–Crippen MR) is 73.4 cm³/mol. The Morgan fingerprint density at radius 3 is 2.62 bits per heavy atom. The standard InChI is InChI=1S/C15H17NO5/c1-9(16(2)15(18)11-6-19-7-11)14(17)10-3-4-12-13(5-10)21-8-20-12/h3-5,9,11H,6-8H2,1-2H3/t9-/m0/s1. The van der Waals surface area contributed by atoms with Crippen molar-refractivity contribution in [1.82, 2.24) is 4.90 Å². The number of amides is 1. The molecule has 0 bridgehead atoms. The number of carbonyl (C=O) groups excluding carboxylic acids is 2. The van der Waals surface area contributed by atoms with Crippen molar-refractivity contribution >= 4 is 11.7 Å². The van der Waals surface area contributed by atoms with Crippen LogP contribution in [-0.2, 0) is 9.53 Å². The smallest absolute Gasteiger partial charge is 0.231 e. The van der Waals surface area contributed by atoms with E-state index in [4.69, 9.17) is 14.2 Å². The summed E-state index contributed by atoms with van der Waals surface area (Å²) in [5.41, 5.74) is 0.510. The van der Waals surface area contributed by atoms with Crippen molar-refractivity contribution in [2.75, 3.05) is 27.1 Å². The summed E-state index contributed by atoms with van der Waals surface area (Å²) in [6.45, 7) is 2.77. The van der Waals surface area contributed by atoms with E-state index in [2.05, 4.69) is 0 Å². The van der Waals surface area contributed by atoms with Crippen LogP contribution >= 0.6 is 0 Å². The number of carbonyl (C=O) groups is 2. The normalized spacial score (nSPS) is 18.0. The van der Waals surface area contributed by atoms with E-state index in [1.165, 1.54) is 4.90 Å². The number of benzene rings is 1. The molecule has 0 radical (unpaired) electrons. The minimum Gasteiger partial charge on any atom is -0.454 e. The number of ketones is 1. The molecule has 1 aromatic carbocycles. The van der Waals surface area contributed by atoms with Gasteiger partial charge in [0, 0.05) is 12.6 Å². The summed E-state index contributed by atoms with van der Waals surface area (Å²) in [6, 6.07) is 4.53. The van der Waals surface area contributed by atoms with Gasteiger partial charge in [-0.2, -0.15) is 0 Å². The van der Waals surface area contributed by atoms with Crippen molar-refractivity contribution in [3.05, 3.63) is 23.8 Å². The summed E-state index contributed by atoms with van der Waals surface area (Å²) >= 11 is 0. The van der Waals surface area contributed by atoms with E-state index in [1.807, 2.05) is 0 Å². The first-order valence-corrected chi connectivity index (χ1v) is 6.86. The van der Waals surface area contributed by atoms with Crippen molar-refractivity contribution in [3.8, 4) is 11.5 Å². The van der Waals surface area contributed by atoms with Crippen LogP contribution in [0.1, 0.15) is 17.3 Å². The molecular weight excluding hydrogens is 274 g/mol. The molecule has 1 atom stereocenters. The Hall–Kier alpha value is -2.08. The van der Waals surface area contributed by atoms with Crippen molar-refractivity contribution in [3.63, 3.8) is 0 Å². The Morgan fingerprint density at radius 2 is 1.95 bits per heavy atom. The van der Waals surface area contributed by atoms with Gasteiger partial charge in [0.25, 0.3) is 0 Å². The molecule has 0 aromatic heterocycles. The summed E-state index contributed by atoms with van der Waals surface area (Å²) < 4.78 is 15.5. The fraction of sp³-hybridized carbons (Fsp3) is 0.467. The van der Waals surface area contributed by atoms with Gasteiger partial charge in [0.15, 0.2) is 17.3 Å². The molecule has 1 aromatic rings. The van der Waals surface area contributed by atoms with Gasteiger partial charge in [-0.15, -0.1) is 0 Å². The zero-order valence-electron chi connectivity index (χ0n) is 12.0. The highest BCUT2D eigenvalue weighted by Crippen LogP contribution is 2.33. The average molecular weight is 291 g/mol. The second-order valence-electron chi connectivity index (χ2n) is 5.29. The molecule has 1 fully saturated rings. The molecule has 2 aliphatic rings. The first kappa shape index (κ1) is 13.9. The largest absolute Gasteiger partial charge is 0.454 e. The number of fused-ring (bicyclic) bond motifs is 1. The lowest BCUT2D eigenvalue weighted by molar-refractivity contribution is -0.149. The average Bonchev–Trinajstić information content (AvgIpc) is 2.90. The van der Waals surface area contributed by atoms with Gasteiger partial charge in [-0.25, -0.2) is 0 Å². The van der Waals surface area contributed by atoms with Gasteiger partial charge < -0.3 is 19.1 Å². The maximum Gasteiger partial charge on any atom is 0.231 e. The Morgan fingerprint density at radius 1 is 1.24 bits per heavy atom. The minimum absolute atomic E-state index is 0.0529. The number of hydrogen-bond donors (Lipinski definition) is 0. The highest BCUT2D eigenvalue weighted by atomic mass is 16.7. The molecule has 0 aliphatic carbocycles. The van der Waals surface area contributed by atoms with E-state index in [0.29, 0.717) is 30.3 Å². The number of likely N-dealkylation sites (N-methyl/N-ethyl adjacent to an activating group) is 1. The summed E-state index contributed by atoms with van der Waals surface area (Å²) in [6.07, 6.45) is 0. The molecular formula is C15H17NO5. The number of hydrogen-bond acceptors (Lipinski definition) is 5. The third kappa shape index (κ3) is 2.47. The van der Waals surface area contributed by atoms with Crippen LogP contribution in [0.2, 0.25) is 0 Å². The highest BCUT2D eigenvalue weighted by molar-refractivity contribution is 6.02. The van der Waals surface area contributed by atoms with Gasteiger partial charge in [-0.1, -0.05) is 0 Å². The Balaban J connectivity index is 1.73. The second-order valence-corrected chi connectivity index (χ2v) is 5.29. The molecule has 0 spiro atoms. The molecule has 6 nitrogen and oxygen atoms in total. The van der Waals surface area contributed by atoms with Gasteiger partial charge in [-0.05, 0) is 25.1 Å². The Kier molecular flexibility index (Phi) is 3.55. The van der Waals surface area contributed by atoms with Gasteiger partial charge in [0.1, 0.15) is 0 Å². The van der Waals surface area contributed by atoms with Crippen molar-refractivity contribution < 1.29 is 23.8 Å². The van der Waals surface area contributed by atoms with E-state index >= 15 is 0 Å². The van der Waals surface area contributed by atoms with E-state index in [0.717, 1.165) is 0 Å². The third-order valence-electron chi connectivity index (χ3n) is 3.95. The zero-order valence-corrected chi connectivity index (χ0v) is 12.0. The Bertz CT molecular complexity index is 581. The molecule has 2 heterocycles. The maximum absolute atomic E-state index is 12.5. The Labute approximate surface area is 122 Å². The highest BCUT2D eigenvalue weighted by Gasteiger charge is 2.33. The summed E-state index contributed by atoms with van der Waals surface area (Å²) in [4.78, 5) is 26.1. The minimum atomic E-state index is -0.529. The topological polar surface area (TPSA) is 65.1 Å². The van der Waals surface area contributed by atoms with Crippen LogP contribution in [0.3, 0.4) is 0 Å². The van der Waals surface area contributed by atoms with Gasteiger partial charge in [0.05, 0.1) is 25.2 Å². The summed E-state index contributed by atoms with van der Waals surface area (Å²) in [5.74, 6) is 0.902. The molecule has 21 heavy (non-hydrogen) atoms. The fourth-order valence-corrected chi connectivity index (χ4v) is 2.32. The van der Waals surface area contributed by atoms with Crippen LogP contribution in [0.5, 0.6) is 11.5 Å². The van der Waals surface area contributed by atoms with E-state index in [9.17, 15) is 9.59 Å². The van der Waals surface area contributed by atoms with Crippen LogP contribution in [0.4, 0.5) is 0 Å². The van der Waals surface area contributed by atoms with E-state index in [-0.39, 0.29) is 24.4 Å². The van der Waals surface area contributed by atoms with Gasteiger partial charge in [0.2, 0.25) is 12.7 Å². The van der Waals surface area contributed by atoms with E-state index < -0.39 is 6.04 Å². The quantitative estimate of drug-likeness (QED) is 0.777. The molecule has 0 unspecified atom stereocenters. The first-order chi connectivity index (χ1) is 10.1. The fourth-order valence-electron chi connectivity index (χ4n) is 2.32. The zero-order chi connectivity index (χ0) is 15.0. The van der Waals surface area contributed by atoms with Crippen LogP contribution in [-0.4, -0.2) is 49.7 Å². The predicted octanol–water partition coefficient (Wildman–Crippen LogP) is 1.09. The summed E-state index contributed by atoms with van der Waals surface area (Å²) in [7, 11) is 1.65. The molecule has 3 rings (SSSR count). The second kappa shape index (κ2) is 5.37. The first-order valence-electron chi connectivity index (χ1n) is 6.86. The lowest BCUT2D eigenvalue weighted by Crippen LogP contribution is -2.48. The third-order valence-corrected chi connectivity index (χ3v) is 3.95. The molecule has 0 saturated carbocycles. The molecule has 1 amide bonds. The van der Waals surface area contributed by atoms with Gasteiger partial charge >= 0.3 is 0 Å². The van der Waals surface area contributed by atoms with Crippen LogP contribution < -0.4 is 9.47 Å². The van der Waals surface area contributed by atoms with Crippen molar-refractivity contribution in [1.29, 1.82) is 0 Å². The number of nitrogens with zero attached hydrogens (tertiary/aromatic N) is 1. The van der Waals surface area contributed by atoms with Gasteiger partial charge in [-0.3, -0.25) is 9.59 Å². The lowest BCUT2D eigenvalue weighted by Gasteiger charge is -2.32. The van der Waals surface area contributed by atoms with Crippen LogP contribution in [0.15, 0.2) is 18.2 Å². The number of rotatable bonds is 4. The summed E-state index contributed by atoms with van der Waals surface area (Å²) in [5, 5.41) is 0. The molecule has 2 aliphatic heterocycles. The monoisotopic (exact) mass is 291 g/mol. The molecule has 1 saturated heterocycles. The van der Waals surface area contributed by atoms with E-state index in [1.54, 1.807) is 32.2 Å². The number of ether oxygens (including phenoxy) is 3. The molecule has 6 heteroatoms. The van der Waals surface area contributed by atoms with Crippen molar-refractivity contribution in [2.45, 2.75) is 13.0 Å². The van der Waals surface area contributed by atoms with Crippen LogP contribution in [0, 0.1) is 5.92 Å².